The number of ketones is 1. The number of carbonyl (C=O) groups is 3. The van der Waals surface area contributed by atoms with E-state index in [4.69, 9.17) is 9.47 Å². The Morgan fingerprint density at radius 3 is 2.52 bits per heavy atom. The highest BCUT2D eigenvalue weighted by Gasteiger charge is 2.47. The van der Waals surface area contributed by atoms with E-state index < -0.39 is 23.8 Å². The Kier molecular flexibility index (Phi) is 6.68. The smallest absolute Gasteiger partial charge is 0.337 e. The van der Waals surface area contributed by atoms with Gasteiger partial charge in [0.25, 0.3) is 0 Å². The first-order chi connectivity index (χ1) is 14.7. The summed E-state index contributed by atoms with van der Waals surface area (Å²) >= 11 is 0. The minimum Gasteiger partial charge on any atom is -0.468 e. The van der Waals surface area contributed by atoms with Gasteiger partial charge in [-0.1, -0.05) is 38.1 Å². The second-order valence-corrected chi connectivity index (χ2v) is 8.52. The Balaban J connectivity index is 2.18. The van der Waals surface area contributed by atoms with Gasteiger partial charge in [0.1, 0.15) is 5.92 Å². The van der Waals surface area contributed by atoms with Gasteiger partial charge in [0.05, 0.1) is 18.8 Å². The molecule has 0 aromatic heterocycles. The van der Waals surface area contributed by atoms with E-state index in [-0.39, 0.29) is 17.8 Å². The fourth-order valence-electron chi connectivity index (χ4n) is 4.50. The molecule has 0 unspecified atom stereocenters. The van der Waals surface area contributed by atoms with Crippen molar-refractivity contribution in [1.29, 1.82) is 0 Å². The van der Waals surface area contributed by atoms with E-state index in [0.29, 0.717) is 29.7 Å². The summed E-state index contributed by atoms with van der Waals surface area (Å²) in [5.41, 5.74) is 4.15. The Morgan fingerprint density at radius 2 is 1.90 bits per heavy atom. The van der Waals surface area contributed by atoms with Gasteiger partial charge in [0, 0.05) is 22.9 Å². The maximum Gasteiger partial charge on any atom is 0.337 e. The number of esters is 2. The molecule has 0 radical (unpaired) electrons. The molecule has 0 fully saturated rings. The van der Waals surface area contributed by atoms with Crippen molar-refractivity contribution in [3.8, 4) is 0 Å². The monoisotopic (exact) mass is 425 g/mol. The molecule has 6 nitrogen and oxygen atoms in total. The highest BCUT2D eigenvalue weighted by Crippen LogP contribution is 2.46. The van der Waals surface area contributed by atoms with Gasteiger partial charge in [-0.25, -0.2) is 4.79 Å². The van der Waals surface area contributed by atoms with Crippen LogP contribution in [0.4, 0.5) is 0 Å². The first-order valence-electron chi connectivity index (χ1n) is 10.8. The van der Waals surface area contributed by atoms with Crippen molar-refractivity contribution in [3.05, 3.63) is 57.9 Å². The molecule has 4 atom stereocenters. The fraction of sp³-hybridized carbons (Fsp3) is 0.480. The number of aryl methyl sites for hydroxylation is 1. The Labute approximate surface area is 183 Å². The minimum atomic E-state index is -0.887. The number of dihydropyridines is 1. The number of hydrogen-bond donors (Lipinski definition) is 1. The van der Waals surface area contributed by atoms with E-state index in [2.05, 4.69) is 5.32 Å². The SMILES string of the molecule is CC[C@@H](C)OC(=O)C1=C(C)NC2=C(C(=O)[C@@H](C(=O)OC)[C@@H](C)C2)[C@@H]1c1ccccc1C. The third-order valence-electron chi connectivity index (χ3n) is 6.35. The van der Waals surface area contributed by atoms with Crippen molar-refractivity contribution >= 4 is 17.7 Å². The summed E-state index contributed by atoms with van der Waals surface area (Å²) in [6.07, 6.45) is 0.967. The van der Waals surface area contributed by atoms with E-state index in [1.54, 1.807) is 0 Å². The van der Waals surface area contributed by atoms with Crippen LogP contribution in [0, 0.1) is 18.8 Å². The van der Waals surface area contributed by atoms with Crippen LogP contribution in [-0.2, 0) is 23.9 Å². The average molecular weight is 426 g/mol. The lowest BCUT2D eigenvalue weighted by Crippen LogP contribution is -2.43. The van der Waals surface area contributed by atoms with Crippen molar-refractivity contribution in [2.45, 2.75) is 59.5 Å². The van der Waals surface area contributed by atoms with E-state index >= 15 is 0 Å². The summed E-state index contributed by atoms with van der Waals surface area (Å²) in [6, 6.07) is 7.70. The predicted molar refractivity (Wildman–Crippen MR) is 117 cm³/mol. The highest BCUT2D eigenvalue weighted by atomic mass is 16.5. The van der Waals surface area contributed by atoms with Crippen LogP contribution in [0.1, 0.15) is 57.6 Å². The van der Waals surface area contributed by atoms with Gasteiger partial charge >= 0.3 is 11.9 Å². The summed E-state index contributed by atoms with van der Waals surface area (Å²) in [6.45, 7) is 9.46. The van der Waals surface area contributed by atoms with Crippen LogP contribution in [0.15, 0.2) is 46.8 Å². The van der Waals surface area contributed by atoms with E-state index in [1.807, 2.05) is 58.9 Å². The molecule has 1 aromatic carbocycles. The van der Waals surface area contributed by atoms with E-state index in [9.17, 15) is 14.4 Å². The zero-order valence-corrected chi connectivity index (χ0v) is 19.1. The molecule has 6 heteroatoms. The van der Waals surface area contributed by atoms with Gasteiger partial charge in [-0.3, -0.25) is 9.59 Å². The number of allylic oxidation sites excluding steroid dienone is 3. The molecule has 1 N–H and O–H groups in total. The number of Topliss-reactive ketones (excluding diaryl/α,β-unsaturated/α-hetero) is 1. The summed E-state index contributed by atoms with van der Waals surface area (Å²) in [4.78, 5) is 39.3. The van der Waals surface area contributed by atoms with Gasteiger partial charge < -0.3 is 14.8 Å². The number of hydrogen-bond acceptors (Lipinski definition) is 6. The largest absolute Gasteiger partial charge is 0.468 e. The molecule has 2 aliphatic rings. The average Bonchev–Trinajstić information content (AvgIpc) is 2.72. The van der Waals surface area contributed by atoms with Crippen molar-refractivity contribution in [2.24, 2.45) is 11.8 Å². The summed E-state index contributed by atoms with van der Waals surface area (Å²) in [5, 5.41) is 3.28. The quantitative estimate of drug-likeness (QED) is 0.568. The summed E-state index contributed by atoms with van der Waals surface area (Å²) in [5.74, 6) is -2.96. The maximum atomic E-state index is 13.6. The Hall–Kier alpha value is -2.89. The second kappa shape index (κ2) is 9.08. The molecule has 1 heterocycles. The molecule has 1 aliphatic carbocycles. The molecule has 1 aromatic rings. The van der Waals surface area contributed by atoms with Gasteiger partial charge in [0.15, 0.2) is 5.78 Å². The lowest BCUT2D eigenvalue weighted by Gasteiger charge is -2.38. The standard InChI is InChI=1S/C25H31NO5/c1-7-15(4)31-25(29)20-16(5)26-18-12-14(3)19(24(28)30-6)23(27)22(18)21(20)17-11-9-8-10-13(17)2/h8-11,14-15,19,21,26H,7,12H2,1-6H3/t14-,15+,19-,21+/m0/s1. The molecular formula is C25H31NO5. The van der Waals surface area contributed by atoms with Crippen molar-refractivity contribution < 1.29 is 23.9 Å². The van der Waals surface area contributed by atoms with Crippen molar-refractivity contribution in [1.82, 2.24) is 5.32 Å². The van der Waals surface area contributed by atoms with Gasteiger partial charge in [-0.05, 0) is 50.7 Å². The summed E-state index contributed by atoms with van der Waals surface area (Å²) in [7, 11) is 1.29. The molecule has 1 aliphatic heterocycles. The van der Waals surface area contributed by atoms with Crippen LogP contribution < -0.4 is 5.32 Å². The first-order valence-corrected chi connectivity index (χ1v) is 10.8. The third kappa shape index (κ3) is 4.16. The van der Waals surface area contributed by atoms with Gasteiger partial charge in [-0.15, -0.1) is 0 Å². The van der Waals surface area contributed by atoms with Crippen LogP contribution in [0.2, 0.25) is 0 Å². The minimum absolute atomic E-state index is 0.204. The Morgan fingerprint density at radius 1 is 1.23 bits per heavy atom. The van der Waals surface area contributed by atoms with Crippen LogP contribution >= 0.6 is 0 Å². The summed E-state index contributed by atoms with van der Waals surface area (Å²) < 4.78 is 10.6. The zero-order chi connectivity index (χ0) is 22.9. The van der Waals surface area contributed by atoms with Gasteiger partial charge in [0.2, 0.25) is 0 Å². The topological polar surface area (TPSA) is 81.7 Å². The number of methoxy groups -OCH3 is 1. The lowest BCUT2D eigenvalue weighted by atomic mass is 9.68. The fourth-order valence-corrected chi connectivity index (χ4v) is 4.50. The normalized spacial score (nSPS) is 24.3. The molecular weight excluding hydrogens is 394 g/mol. The van der Waals surface area contributed by atoms with Gasteiger partial charge in [-0.2, -0.15) is 0 Å². The molecule has 0 amide bonds. The molecule has 166 valence electrons. The van der Waals surface area contributed by atoms with E-state index in [1.165, 1.54) is 7.11 Å². The zero-order valence-electron chi connectivity index (χ0n) is 19.1. The number of carbonyl (C=O) groups excluding carboxylic acids is 3. The highest BCUT2D eigenvalue weighted by molar-refractivity contribution is 6.12. The molecule has 0 saturated heterocycles. The number of benzene rings is 1. The molecule has 0 saturated carbocycles. The number of nitrogens with one attached hydrogen (secondary N) is 1. The Bertz CT molecular complexity index is 974. The molecule has 3 rings (SSSR count). The van der Waals surface area contributed by atoms with Crippen molar-refractivity contribution in [3.63, 3.8) is 0 Å². The molecule has 0 bridgehead atoms. The van der Waals surface area contributed by atoms with Crippen LogP contribution in [0.25, 0.3) is 0 Å². The number of ether oxygens (including phenoxy) is 2. The predicted octanol–water partition coefficient (Wildman–Crippen LogP) is 3.95. The van der Waals surface area contributed by atoms with Crippen LogP contribution in [0.5, 0.6) is 0 Å². The second-order valence-electron chi connectivity index (χ2n) is 8.52. The number of rotatable bonds is 5. The maximum absolute atomic E-state index is 13.6. The first kappa shape index (κ1) is 22.8. The van der Waals surface area contributed by atoms with Crippen LogP contribution in [-0.4, -0.2) is 30.9 Å². The molecule has 0 spiro atoms. The van der Waals surface area contributed by atoms with Crippen LogP contribution in [0.3, 0.4) is 0 Å². The third-order valence-corrected chi connectivity index (χ3v) is 6.35. The van der Waals surface area contributed by atoms with Crippen molar-refractivity contribution in [2.75, 3.05) is 7.11 Å². The lowest BCUT2D eigenvalue weighted by molar-refractivity contribution is -0.151. The molecule has 31 heavy (non-hydrogen) atoms. The van der Waals surface area contributed by atoms with E-state index in [0.717, 1.165) is 16.8 Å².